The van der Waals surface area contributed by atoms with Crippen LogP contribution in [0.2, 0.25) is 0 Å². The molecule has 2 aliphatic heterocycles. The lowest BCUT2D eigenvalue weighted by molar-refractivity contribution is -0.126. The van der Waals surface area contributed by atoms with Crippen LogP contribution in [0.4, 0.5) is 5.82 Å². The number of hydrogen-bond donors (Lipinski definition) is 1. The molecule has 1 aromatic carbocycles. The maximum absolute atomic E-state index is 12.7. The van der Waals surface area contributed by atoms with Gasteiger partial charge in [0.2, 0.25) is 15.9 Å². The van der Waals surface area contributed by atoms with Crippen molar-refractivity contribution in [1.82, 2.24) is 14.6 Å². The minimum Gasteiger partial charge on any atom is -0.372 e. The van der Waals surface area contributed by atoms with Crippen molar-refractivity contribution < 1.29 is 17.9 Å². The molecule has 1 N–H and O–H groups in total. The summed E-state index contributed by atoms with van der Waals surface area (Å²) in [5.41, 5.74) is 1.77. The summed E-state index contributed by atoms with van der Waals surface area (Å²) in [5, 5.41) is 4.24. The predicted molar refractivity (Wildman–Crippen MR) is 137 cm³/mol. The largest absolute Gasteiger partial charge is 0.372 e. The number of rotatable bonds is 7. The molecule has 4 rings (SSSR count). The molecule has 2 aliphatic rings. The lowest BCUT2D eigenvalue weighted by Gasteiger charge is -2.36. The van der Waals surface area contributed by atoms with E-state index in [4.69, 9.17) is 4.74 Å². The van der Waals surface area contributed by atoms with Crippen LogP contribution in [-0.4, -0.2) is 62.0 Å². The van der Waals surface area contributed by atoms with Crippen LogP contribution in [0.15, 0.2) is 54.1 Å². The number of sulfonamides is 1. The van der Waals surface area contributed by atoms with Crippen molar-refractivity contribution in [2.75, 3.05) is 31.1 Å². The molecule has 0 saturated carbocycles. The first-order chi connectivity index (χ1) is 16.8. The topological polar surface area (TPSA) is 91.8 Å². The summed E-state index contributed by atoms with van der Waals surface area (Å²) in [6.07, 6.45) is 4.76. The zero-order chi connectivity index (χ0) is 24.8. The van der Waals surface area contributed by atoms with Crippen LogP contribution in [-0.2, 0) is 26.1 Å². The highest BCUT2D eigenvalue weighted by Gasteiger charge is 2.30. The SMILES string of the molecule is CC1CN(c2ccc(CNC(=O)C3CCN(S(=O)(=O)/C=C/c4ccccc4)CC3)cn2)CC(C)O1. The van der Waals surface area contributed by atoms with Gasteiger partial charge in [0.25, 0.3) is 0 Å². The Morgan fingerprint density at radius 2 is 1.77 bits per heavy atom. The Balaban J connectivity index is 1.24. The van der Waals surface area contributed by atoms with Crippen LogP contribution >= 0.6 is 0 Å². The van der Waals surface area contributed by atoms with Crippen molar-refractivity contribution >= 4 is 27.8 Å². The van der Waals surface area contributed by atoms with Crippen molar-refractivity contribution in [2.45, 2.75) is 45.4 Å². The number of aromatic nitrogens is 1. The molecule has 0 aliphatic carbocycles. The maximum atomic E-state index is 12.7. The minimum atomic E-state index is -3.51. The molecule has 0 bridgehead atoms. The van der Waals surface area contributed by atoms with E-state index in [0.717, 1.165) is 30.0 Å². The predicted octanol–water partition coefficient (Wildman–Crippen LogP) is 3.02. The molecule has 2 unspecified atom stereocenters. The quantitative estimate of drug-likeness (QED) is 0.631. The number of hydrogen-bond acceptors (Lipinski definition) is 6. The van der Waals surface area contributed by atoms with Crippen LogP contribution in [0.1, 0.15) is 37.8 Å². The lowest BCUT2D eigenvalue weighted by Crippen LogP contribution is -2.45. The Labute approximate surface area is 208 Å². The molecule has 2 aromatic rings. The normalized spacial score (nSPS) is 22.4. The van der Waals surface area contributed by atoms with Crippen LogP contribution < -0.4 is 10.2 Å². The lowest BCUT2D eigenvalue weighted by atomic mass is 9.97. The van der Waals surface area contributed by atoms with Gasteiger partial charge < -0.3 is 15.0 Å². The second-order valence-corrected chi connectivity index (χ2v) is 11.2. The first kappa shape index (κ1) is 25.3. The van der Waals surface area contributed by atoms with Gasteiger partial charge in [-0.1, -0.05) is 36.4 Å². The van der Waals surface area contributed by atoms with E-state index in [9.17, 15) is 13.2 Å². The summed E-state index contributed by atoms with van der Waals surface area (Å²) >= 11 is 0. The van der Waals surface area contributed by atoms with Gasteiger partial charge in [-0.05, 0) is 50.0 Å². The number of pyridine rings is 1. The standard InChI is InChI=1S/C26H34N4O4S/c1-20-18-29(19-21(2)34-20)25-9-8-23(16-27-25)17-28-26(31)24-10-13-30(14-11-24)35(32,33)15-12-22-6-4-3-5-7-22/h3-9,12,15-16,20-21,24H,10-11,13-14,17-19H2,1-2H3,(H,28,31)/b15-12+. The van der Waals surface area contributed by atoms with Gasteiger partial charge in [0.1, 0.15) is 5.82 Å². The number of nitrogens with one attached hydrogen (secondary N) is 1. The van der Waals surface area contributed by atoms with Gasteiger partial charge in [-0.15, -0.1) is 0 Å². The summed E-state index contributed by atoms with van der Waals surface area (Å²) in [7, 11) is -3.51. The summed E-state index contributed by atoms with van der Waals surface area (Å²) in [4.78, 5) is 19.5. The first-order valence-corrected chi connectivity index (χ1v) is 13.7. The Morgan fingerprint density at radius 3 is 2.40 bits per heavy atom. The third kappa shape index (κ3) is 6.90. The molecule has 2 fully saturated rings. The first-order valence-electron chi connectivity index (χ1n) is 12.2. The molecule has 0 radical (unpaired) electrons. The highest BCUT2D eigenvalue weighted by atomic mass is 32.2. The number of amides is 1. The van der Waals surface area contributed by atoms with Gasteiger partial charge in [0, 0.05) is 50.2 Å². The Hall–Kier alpha value is -2.75. The third-order valence-electron chi connectivity index (χ3n) is 6.44. The van der Waals surface area contributed by atoms with Gasteiger partial charge in [-0.25, -0.2) is 13.4 Å². The summed E-state index contributed by atoms with van der Waals surface area (Å²) in [5.74, 6) is 0.682. The molecule has 1 aromatic heterocycles. The number of anilines is 1. The van der Waals surface area contributed by atoms with E-state index in [1.165, 1.54) is 9.71 Å². The number of piperidine rings is 1. The minimum absolute atomic E-state index is 0.0400. The van der Waals surface area contributed by atoms with Gasteiger partial charge >= 0.3 is 0 Å². The second-order valence-electron chi connectivity index (χ2n) is 9.34. The fourth-order valence-electron chi connectivity index (χ4n) is 4.59. The highest BCUT2D eigenvalue weighted by molar-refractivity contribution is 7.92. The average molecular weight is 499 g/mol. The fourth-order valence-corrected chi connectivity index (χ4v) is 5.82. The molecule has 188 valence electrons. The van der Waals surface area contributed by atoms with Gasteiger partial charge in [0.05, 0.1) is 12.2 Å². The van der Waals surface area contributed by atoms with Crippen LogP contribution in [0, 0.1) is 5.92 Å². The van der Waals surface area contributed by atoms with Crippen molar-refractivity contribution in [3.63, 3.8) is 0 Å². The maximum Gasteiger partial charge on any atom is 0.236 e. The summed E-state index contributed by atoms with van der Waals surface area (Å²) in [6, 6.07) is 13.3. The molecule has 2 saturated heterocycles. The molecule has 0 spiro atoms. The number of ether oxygens (including phenoxy) is 1. The zero-order valence-electron chi connectivity index (χ0n) is 20.3. The van der Waals surface area contributed by atoms with Crippen molar-refractivity contribution in [3.05, 3.63) is 65.2 Å². The highest BCUT2D eigenvalue weighted by Crippen LogP contribution is 2.22. The van der Waals surface area contributed by atoms with E-state index in [1.807, 2.05) is 42.5 Å². The molecule has 8 nitrogen and oxygen atoms in total. The molecule has 1 amide bonds. The van der Waals surface area contributed by atoms with E-state index in [2.05, 4.69) is 29.0 Å². The smallest absolute Gasteiger partial charge is 0.236 e. The number of benzene rings is 1. The summed E-state index contributed by atoms with van der Waals surface area (Å²) < 4.78 is 32.5. The van der Waals surface area contributed by atoms with E-state index in [1.54, 1.807) is 12.3 Å². The number of nitrogens with zero attached hydrogens (tertiary/aromatic N) is 3. The van der Waals surface area contributed by atoms with Gasteiger partial charge in [0.15, 0.2) is 0 Å². The Morgan fingerprint density at radius 1 is 1.09 bits per heavy atom. The number of morpholine rings is 1. The molecular weight excluding hydrogens is 464 g/mol. The zero-order valence-corrected chi connectivity index (χ0v) is 21.2. The van der Waals surface area contributed by atoms with Crippen molar-refractivity contribution in [2.24, 2.45) is 5.92 Å². The summed E-state index contributed by atoms with van der Waals surface area (Å²) in [6.45, 7) is 6.83. The van der Waals surface area contributed by atoms with Crippen LogP contribution in [0.3, 0.4) is 0 Å². The van der Waals surface area contributed by atoms with Crippen LogP contribution in [0.25, 0.3) is 6.08 Å². The third-order valence-corrected chi connectivity index (χ3v) is 8.00. The Bertz CT molecular complexity index is 1100. The van der Waals surface area contributed by atoms with Crippen molar-refractivity contribution in [1.29, 1.82) is 0 Å². The van der Waals surface area contributed by atoms with Gasteiger partial charge in [-0.2, -0.15) is 4.31 Å². The van der Waals surface area contributed by atoms with E-state index < -0.39 is 10.0 Å². The van der Waals surface area contributed by atoms with Crippen LogP contribution in [0.5, 0.6) is 0 Å². The average Bonchev–Trinajstić information content (AvgIpc) is 2.86. The number of carbonyl (C=O) groups excluding carboxylic acids is 1. The van der Waals surface area contributed by atoms with E-state index in [-0.39, 0.29) is 24.0 Å². The molecule has 2 atom stereocenters. The molecular formula is C26H34N4O4S. The molecule has 35 heavy (non-hydrogen) atoms. The molecule has 9 heteroatoms. The number of carbonyl (C=O) groups is 1. The monoisotopic (exact) mass is 498 g/mol. The van der Waals surface area contributed by atoms with E-state index >= 15 is 0 Å². The Kier molecular flexibility index (Phi) is 8.20. The molecule has 3 heterocycles. The van der Waals surface area contributed by atoms with Crippen molar-refractivity contribution in [3.8, 4) is 0 Å². The van der Waals surface area contributed by atoms with E-state index in [0.29, 0.717) is 32.5 Å². The fraction of sp³-hybridized carbons (Fsp3) is 0.462. The van der Waals surface area contributed by atoms with Gasteiger partial charge in [-0.3, -0.25) is 4.79 Å². The second kappa shape index (κ2) is 11.3.